The number of nitrogens with zero attached hydrogens (tertiary/aromatic N) is 2. The molecule has 1 aliphatic heterocycles. The first-order valence-electron chi connectivity index (χ1n) is 9.32. The summed E-state index contributed by atoms with van der Waals surface area (Å²) < 4.78 is 25.9. The van der Waals surface area contributed by atoms with Crippen molar-refractivity contribution in [3.63, 3.8) is 0 Å². The first-order valence-corrected chi connectivity index (χ1v) is 11.2. The van der Waals surface area contributed by atoms with Crippen LogP contribution in [0.5, 0.6) is 0 Å². The van der Waals surface area contributed by atoms with Gasteiger partial charge in [-0.3, -0.25) is 4.79 Å². The van der Waals surface area contributed by atoms with E-state index in [0.29, 0.717) is 13.0 Å². The Balaban J connectivity index is 1.49. The molecule has 146 valence electrons. The van der Waals surface area contributed by atoms with Crippen LogP contribution in [0.1, 0.15) is 11.1 Å². The molecule has 1 amide bonds. The van der Waals surface area contributed by atoms with Crippen molar-refractivity contribution in [3.8, 4) is 0 Å². The molecule has 0 radical (unpaired) electrons. The van der Waals surface area contributed by atoms with Crippen LogP contribution in [0, 0.1) is 0 Å². The molecule has 0 atom stereocenters. The SMILES string of the molecule is CS(=O)(=O)N(CCc1c[nH]c2ccccc12)CC(=O)N1CCc2ccccc21. The highest BCUT2D eigenvalue weighted by atomic mass is 32.2. The topological polar surface area (TPSA) is 73.5 Å². The molecule has 3 aromatic rings. The van der Waals surface area contributed by atoms with E-state index in [2.05, 4.69) is 4.98 Å². The highest BCUT2D eigenvalue weighted by molar-refractivity contribution is 7.88. The van der Waals surface area contributed by atoms with Gasteiger partial charge in [0.1, 0.15) is 0 Å². The van der Waals surface area contributed by atoms with Gasteiger partial charge in [0.2, 0.25) is 15.9 Å². The molecule has 0 bridgehead atoms. The Morgan fingerprint density at radius 1 is 1.14 bits per heavy atom. The standard InChI is InChI=1S/C21H23N3O3S/c1-28(26,27)23(12-10-17-14-22-19-8-4-3-7-18(17)19)15-21(25)24-13-11-16-6-2-5-9-20(16)24/h2-9,14,22H,10-13,15H2,1H3. The van der Waals surface area contributed by atoms with Gasteiger partial charge in [0.25, 0.3) is 0 Å². The fourth-order valence-electron chi connectivity index (χ4n) is 3.78. The minimum atomic E-state index is -3.50. The van der Waals surface area contributed by atoms with Crippen molar-refractivity contribution in [1.29, 1.82) is 0 Å². The van der Waals surface area contributed by atoms with Crippen LogP contribution in [0.15, 0.2) is 54.7 Å². The molecule has 0 fully saturated rings. The van der Waals surface area contributed by atoms with Crippen molar-refractivity contribution < 1.29 is 13.2 Å². The minimum Gasteiger partial charge on any atom is -0.361 e. The number of aromatic amines is 1. The second-order valence-electron chi connectivity index (χ2n) is 7.13. The Hall–Kier alpha value is -2.64. The van der Waals surface area contributed by atoms with Gasteiger partial charge in [-0.2, -0.15) is 4.31 Å². The quantitative estimate of drug-likeness (QED) is 0.695. The van der Waals surface area contributed by atoms with Crippen molar-refractivity contribution in [2.24, 2.45) is 0 Å². The van der Waals surface area contributed by atoms with Gasteiger partial charge in [-0.15, -0.1) is 0 Å². The van der Waals surface area contributed by atoms with Crippen LogP contribution in [-0.4, -0.2) is 49.5 Å². The van der Waals surface area contributed by atoms with Crippen molar-refractivity contribution in [2.45, 2.75) is 12.8 Å². The fourth-order valence-corrected chi connectivity index (χ4v) is 4.55. The normalized spacial score (nSPS) is 14.0. The zero-order chi connectivity index (χ0) is 19.7. The zero-order valence-corrected chi connectivity index (χ0v) is 16.6. The van der Waals surface area contributed by atoms with E-state index in [1.165, 1.54) is 4.31 Å². The summed E-state index contributed by atoms with van der Waals surface area (Å²) in [6.07, 6.45) is 4.41. The second-order valence-corrected chi connectivity index (χ2v) is 9.11. The lowest BCUT2D eigenvalue weighted by molar-refractivity contribution is -0.118. The number of rotatable bonds is 6. The van der Waals surface area contributed by atoms with Crippen LogP contribution in [0.25, 0.3) is 10.9 Å². The van der Waals surface area contributed by atoms with Crippen LogP contribution in [0.4, 0.5) is 5.69 Å². The monoisotopic (exact) mass is 397 g/mol. The number of para-hydroxylation sites is 2. The molecular formula is C21H23N3O3S. The molecule has 2 aromatic carbocycles. The van der Waals surface area contributed by atoms with E-state index in [0.717, 1.165) is 40.4 Å². The number of amides is 1. The van der Waals surface area contributed by atoms with Gasteiger partial charge in [0.05, 0.1) is 12.8 Å². The number of sulfonamides is 1. The largest absolute Gasteiger partial charge is 0.361 e. The molecule has 0 saturated heterocycles. The van der Waals surface area contributed by atoms with E-state index in [4.69, 9.17) is 0 Å². The third-order valence-electron chi connectivity index (χ3n) is 5.27. The Morgan fingerprint density at radius 2 is 1.89 bits per heavy atom. The third-order valence-corrected chi connectivity index (χ3v) is 6.52. The second kappa shape index (κ2) is 7.41. The number of fused-ring (bicyclic) bond motifs is 2. The first kappa shape index (κ1) is 18.7. The number of aromatic nitrogens is 1. The number of H-pyrrole nitrogens is 1. The Labute approximate surface area is 164 Å². The molecule has 1 aliphatic rings. The Morgan fingerprint density at radius 3 is 2.71 bits per heavy atom. The maximum Gasteiger partial charge on any atom is 0.242 e. The summed E-state index contributed by atoms with van der Waals surface area (Å²) >= 11 is 0. The third kappa shape index (κ3) is 3.68. The van der Waals surface area contributed by atoms with E-state index in [1.807, 2.05) is 54.7 Å². The average Bonchev–Trinajstić information content (AvgIpc) is 3.28. The lowest BCUT2D eigenvalue weighted by Gasteiger charge is -2.23. The molecule has 0 aliphatic carbocycles. The van der Waals surface area contributed by atoms with E-state index in [-0.39, 0.29) is 19.0 Å². The van der Waals surface area contributed by atoms with Crippen LogP contribution in [0.2, 0.25) is 0 Å². The molecule has 28 heavy (non-hydrogen) atoms. The van der Waals surface area contributed by atoms with Gasteiger partial charge < -0.3 is 9.88 Å². The predicted molar refractivity (Wildman–Crippen MR) is 111 cm³/mol. The summed E-state index contributed by atoms with van der Waals surface area (Å²) in [4.78, 5) is 17.8. The van der Waals surface area contributed by atoms with Crippen LogP contribution < -0.4 is 4.90 Å². The van der Waals surface area contributed by atoms with Gasteiger partial charge in [-0.05, 0) is 36.1 Å². The summed E-state index contributed by atoms with van der Waals surface area (Å²) in [7, 11) is -3.50. The molecule has 0 unspecified atom stereocenters. The van der Waals surface area contributed by atoms with Gasteiger partial charge >= 0.3 is 0 Å². The van der Waals surface area contributed by atoms with Gasteiger partial charge in [-0.25, -0.2) is 8.42 Å². The average molecular weight is 398 g/mol. The van der Waals surface area contributed by atoms with E-state index < -0.39 is 10.0 Å². The number of carbonyl (C=O) groups excluding carboxylic acids is 1. The van der Waals surface area contributed by atoms with Crippen LogP contribution >= 0.6 is 0 Å². The van der Waals surface area contributed by atoms with Crippen molar-refractivity contribution >= 4 is 32.5 Å². The maximum atomic E-state index is 12.9. The summed E-state index contributed by atoms with van der Waals surface area (Å²) in [5.41, 5.74) is 4.08. The maximum absolute atomic E-state index is 12.9. The summed E-state index contributed by atoms with van der Waals surface area (Å²) in [5.74, 6) is -0.186. The fraction of sp³-hybridized carbons (Fsp3) is 0.286. The smallest absolute Gasteiger partial charge is 0.242 e. The van der Waals surface area contributed by atoms with Crippen LogP contribution in [-0.2, 0) is 27.7 Å². The molecule has 4 rings (SSSR count). The Kier molecular flexibility index (Phi) is 4.95. The van der Waals surface area contributed by atoms with Crippen molar-refractivity contribution in [2.75, 3.05) is 30.8 Å². The van der Waals surface area contributed by atoms with Gasteiger partial charge in [0.15, 0.2) is 0 Å². The van der Waals surface area contributed by atoms with Gasteiger partial charge in [-0.1, -0.05) is 36.4 Å². The summed E-state index contributed by atoms with van der Waals surface area (Å²) in [5, 5.41) is 1.08. The molecule has 1 N–H and O–H groups in total. The number of hydrogen-bond acceptors (Lipinski definition) is 3. The number of carbonyl (C=O) groups is 1. The molecule has 1 aromatic heterocycles. The number of anilines is 1. The Bertz CT molecular complexity index is 1120. The highest BCUT2D eigenvalue weighted by Crippen LogP contribution is 2.27. The number of hydrogen-bond donors (Lipinski definition) is 1. The summed E-state index contributed by atoms with van der Waals surface area (Å²) in [6, 6.07) is 15.7. The van der Waals surface area contributed by atoms with E-state index in [1.54, 1.807) is 4.90 Å². The molecule has 6 nitrogen and oxygen atoms in total. The first-order chi connectivity index (χ1) is 13.4. The van der Waals surface area contributed by atoms with Crippen molar-refractivity contribution in [3.05, 3.63) is 65.9 Å². The zero-order valence-electron chi connectivity index (χ0n) is 15.8. The minimum absolute atomic E-state index is 0.143. The lowest BCUT2D eigenvalue weighted by Crippen LogP contribution is -2.42. The number of nitrogens with one attached hydrogen (secondary N) is 1. The van der Waals surface area contributed by atoms with Crippen LogP contribution in [0.3, 0.4) is 0 Å². The van der Waals surface area contributed by atoms with Crippen molar-refractivity contribution in [1.82, 2.24) is 9.29 Å². The van der Waals surface area contributed by atoms with E-state index >= 15 is 0 Å². The van der Waals surface area contributed by atoms with Gasteiger partial charge in [0, 0.05) is 35.9 Å². The van der Waals surface area contributed by atoms with E-state index in [9.17, 15) is 13.2 Å². The predicted octanol–water partition coefficient (Wildman–Crippen LogP) is 2.56. The highest BCUT2D eigenvalue weighted by Gasteiger charge is 2.28. The number of benzene rings is 2. The molecule has 0 spiro atoms. The lowest BCUT2D eigenvalue weighted by atomic mass is 10.1. The molecule has 7 heteroatoms. The molecular weight excluding hydrogens is 374 g/mol. The molecule has 0 saturated carbocycles. The summed E-state index contributed by atoms with van der Waals surface area (Å²) in [6.45, 7) is 0.718. The molecule has 2 heterocycles.